The van der Waals surface area contributed by atoms with Gasteiger partial charge in [-0.2, -0.15) is 0 Å². The van der Waals surface area contributed by atoms with Crippen molar-refractivity contribution in [2.24, 2.45) is 0 Å². The fraction of sp³-hybridized carbons (Fsp3) is 0.0714. The van der Waals surface area contributed by atoms with E-state index in [1.54, 1.807) is 4.40 Å². The lowest BCUT2D eigenvalue weighted by Gasteiger charge is -2.05. The number of nitrogens with zero attached hydrogens (tertiary/aromatic N) is 3. The lowest BCUT2D eigenvalue weighted by atomic mass is 10.1. The summed E-state index contributed by atoms with van der Waals surface area (Å²) in [6.07, 6.45) is 1.47. The van der Waals surface area contributed by atoms with Gasteiger partial charge < -0.3 is 5.11 Å². The lowest BCUT2D eigenvalue weighted by molar-refractivity contribution is 0.0696. The van der Waals surface area contributed by atoms with Gasteiger partial charge in [0.2, 0.25) is 0 Å². The molecule has 0 spiro atoms. The monoisotopic (exact) mass is 365 g/mol. The normalized spacial score (nSPS) is 11.0. The molecular weight excluding hydrogens is 358 g/mol. The molecule has 0 saturated carbocycles. The lowest BCUT2D eigenvalue weighted by Crippen LogP contribution is -2.00. The van der Waals surface area contributed by atoms with E-state index in [1.807, 2.05) is 25.1 Å². The molecule has 3 aromatic rings. The van der Waals surface area contributed by atoms with Crippen molar-refractivity contribution in [3.05, 3.63) is 51.1 Å². The van der Waals surface area contributed by atoms with Gasteiger partial charge in [0.25, 0.3) is 0 Å². The highest BCUT2D eigenvalue weighted by Gasteiger charge is 2.15. The van der Waals surface area contributed by atoms with Crippen LogP contribution in [-0.2, 0) is 0 Å². The van der Waals surface area contributed by atoms with Crippen molar-refractivity contribution in [2.45, 2.75) is 6.92 Å². The van der Waals surface area contributed by atoms with Crippen LogP contribution >= 0.6 is 27.5 Å². The van der Waals surface area contributed by atoms with Crippen molar-refractivity contribution < 1.29 is 9.90 Å². The molecule has 0 saturated heterocycles. The molecule has 0 radical (unpaired) electrons. The van der Waals surface area contributed by atoms with Gasteiger partial charge in [-0.05, 0) is 30.7 Å². The molecular formula is C14H9BrClN3O2. The van der Waals surface area contributed by atoms with Crippen LogP contribution in [0.25, 0.3) is 17.0 Å². The molecule has 2 heterocycles. The van der Waals surface area contributed by atoms with Crippen molar-refractivity contribution in [2.75, 3.05) is 0 Å². The number of aromatic nitrogens is 3. The van der Waals surface area contributed by atoms with Crippen molar-refractivity contribution in [1.29, 1.82) is 0 Å². The highest BCUT2D eigenvalue weighted by Crippen LogP contribution is 2.27. The van der Waals surface area contributed by atoms with E-state index in [9.17, 15) is 4.79 Å². The van der Waals surface area contributed by atoms with Gasteiger partial charge in [-0.1, -0.05) is 33.6 Å². The molecule has 1 aromatic carbocycles. The number of rotatable bonds is 2. The van der Waals surface area contributed by atoms with Crippen LogP contribution in [0, 0.1) is 6.92 Å². The first-order valence-corrected chi connectivity index (χ1v) is 7.18. The van der Waals surface area contributed by atoms with E-state index in [-0.39, 0.29) is 10.6 Å². The quantitative estimate of drug-likeness (QED) is 0.748. The van der Waals surface area contributed by atoms with Gasteiger partial charge in [0, 0.05) is 16.2 Å². The van der Waals surface area contributed by atoms with Crippen LogP contribution in [0.5, 0.6) is 0 Å². The van der Waals surface area contributed by atoms with Crippen LogP contribution in [-0.4, -0.2) is 25.7 Å². The minimum absolute atomic E-state index is 0.0855. The average molecular weight is 367 g/mol. The summed E-state index contributed by atoms with van der Waals surface area (Å²) in [5.41, 5.74) is 2.39. The number of hydrogen-bond acceptors (Lipinski definition) is 3. The smallest absolute Gasteiger partial charge is 0.337 e. The molecule has 0 amide bonds. The third-order valence-corrected chi connectivity index (χ3v) is 4.29. The zero-order chi connectivity index (χ0) is 15.1. The first kappa shape index (κ1) is 14.0. The maximum absolute atomic E-state index is 11.1. The van der Waals surface area contributed by atoms with E-state index >= 15 is 0 Å². The minimum atomic E-state index is -1.05. The molecule has 0 unspecified atom stereocenters. The van der Waals surface area contributed by atoms with Crippen LogP contribution in [0.2, 0.25) is 5.02 Å². The number of carbonyl (C=O) groups is 1. The SMILES string of the molecule is Cc1cc(-c2nnc3c(Cl)cc(C(=O)O)cn23)ccc1Br. The van der Waals surface area contributed by atoms with Crippen LogP contribution in [0.3, 0.4) is 0 Å². The number of carboxylic acids is 1. The van der Waals surface area contributed by atoms with E-state index in [4.69, 9.17) is 16.7 Å². The fourth-order valence-electron chi connectivity index (χ4n) is 2.05. The highest BCUT2D eigenvalue weighted by atomic mass is 79.9. The molecule has 0 bridgehead atoms. The summed E-state index contributed by atoms with van der Waals surface area (Å²) in [5, 5.41) is 17.5. The molecule has 21 heavy (non-hydrogen) atoms. The Balaban J connectivity index is 2.27. The number of carboxylic acid groups (broad SMARTS) is 1. The van der Waals surface area contributed by atoms with Crippen LogP contribution in [0.1, 0.15) is 15.9 Å². The maximum atomic E-state index is 11.1. The molecule has 0 fully saturated rings. The third-order valence-electron chi connectivity index (χ3n) is 3.12. The molecule has 1 N–H and O–H groups in total. The number of hydrogen-bond donors (Lipinski definition) is 1. The predicted octanol–water partition coefficient (Wildman–Crippen LogP) is 3.82. The Hall–Kier alpha value is -1.92. The Labute approximate surface area is 133 Å². The summed E-state index contributed by atoms with van der Waals surface area (Å²) in [6.45, 7) is 1.96. The number of pyridine rings is 1. The summed E-state index contributed by atoms with van der Waals surface area (Å²) >= 11 is 9.51. The number of aromatic carboxylic acids is 1. The van der Waals surface area contributed by atoms with Crippen LogP contribution in [0.4, 0.5) is 0 Å². The third kappa shape index (κ3) is 2.41. The molecule has 0 aliphatic carbocycles. The topological polar surface area (TPSA) is 67.5 Å². The van der Waals surface area contributed by atoms with E-state index in [0.717, 1.165) is 15.6 Å². The second-order valence-corrected chi connectivity index (χ2v) is 5.82. The Bertz CT molecular complexity index is 876. The summed E-state index contributed by atoms with van der Waals surface area (Å²) in [5.74, 6) is -0.504. The van der Waals surface area contributed by atoms with Gasteiger partial charge >= 0.3 is 5.97 Å². The average Bonchev–Trinajstić information content (AvgIpc) is 2.86. The summed E-state index contributed by atoms with van der Waals surface area (Å²) in [7, 11) is 0. The van der Waals surface area contributed by atoms with Crippen molar-refractivity contribution in [1.82, 2.24) is 14.6 Å². The number of aryl methyl sites for hydroxylation is 1. The molecule has 2 aromatic heterocycles. The molecule has 106 valence electrons. The predicted molar refractivity (Wildman–Crippen MR) is 82.8 cm³/mol. The van der Waals surface area contributed by atoms with E-state index < -0.39 is 5.97 Å². The standard InChI is InChI=1S/C14H9BrClN3O2/c1-7-4-8(2-3-10(7)15)12-17-18-13-11(16)5-9(14(20)21)6-19(12)13/h2-6H,1H3,(H,20,21). The van der Waals surface area contributed by atoms with Gasteiger partial charge in [-0.15, -0.1) is 10.2 Å². The summed E-state index contributed by atoms with van der Waals surface area (Å²) in [6, 6.07) is 7.11. The Morgan fingerprint density at radius 1 is 1.33 bits per heavy atom. The van der Waals surface area contributed by atoms with Crippen molar-refractivity contribution >= 4 is 39.1 Å². The summed E-state index contributed by atoms with van der Waals surface area (Å²) < 4.78 is 2.58. The van der Waals surface area contributed by atoms with E-state index in [2.05, 4.69) is 26.1 Å². The number of halogens is 2. The summed E-state index contributed by atoms with van der Waals surface area (Å²) in [4.78, 5) is 11.1. The number of fused-ring (bicyclic) bond motifs is 1. The van der Waals surface area contributed by atoms with E-state index in [0.29, 0.717) is 11.5 Å². The molecule has 7 heteroatoms. The molecule has 0 atom stereocenters. The molecule has 5 nitrogen and oxygen atoms in total. The van der Waals surface area contributed by atoms with Gasteiger partial charge in [0.15, 0.2) is 11.5 Å². The van der Waals surface area contributed by atoms with Crippen molar-refractivity contribution in [3.63, 3.8) is 0 Å². The second-order valence-electron chi connectivity index (χ2n) is 4.56. The van der Waals surface area contributed by atoms with Crippen molar-refractivity contribution in [3.8, 4) is 11.4 Å². The van der Waals surface area contributed by atoms with E-state index in [1.165, 1.54) is 12.3 Å². The number of benzene rings is 1. The maximum Gasteiger partial charge on any atom is 0.337 e. The minimum Gasteiger partial charge on any atom is -0.478 e. The molecule has 0 aliphatic heterocycles. The zero-order valence-electron chi connectivity index (χ0n) is 10.8. The molecule has 0 aliphatic rings. The van der Waals surface area contributed by atoms with Gasteiger partial charge in [0.1, 0.15) is 0 Å². The van der Waals surface area contributed by atoms with Gasteiger partial charge in [-0.3, -0.25) is 4.40 Å². The Morgan fingerprint density at radius 3 is 2.76 bits per heavy atom. The van der Waals surface area contributed by atoms with Gasteiger partial charge in [0.05, 0.1) is 10.6 Å². The van der Waals surface area contributed by atoms with Gasteiger partial charge in [-0.25, -0.2) is 4.79 Å². The highest BCUT2D eigenvalue weighted by molar-refractivity contribution is 9.10. The molecule has 3 rings (SSSR count). The zero-order valence-corrected chi connectivity index (χ0v) is 13.2. The van der Waals surface area contributed by atoms with Crippen LogP contribution < -0.4 is 0 Å². The Kier molecular flexibility index (Phi) is 3.43. The fourth-order valence-corrected chi connectivity index (χ4v) is 2.54. The largest absolute Gasteiger partial charge is 0.478 e. The van der Waals surface area contributed by atoms with Crippen LogP contribution in [0.15, 0.2) is 34.9 Å². The first-order valence-electron chi connectivity index (χ1n) is 6.01. The Morgan fingerprint density at radius 2 is 2.10 bits per heavy atom. The first-order chi connectivity index (χ1) is 9.97. The second kappa shape index (κ2) is 5.13.